The molecule has 1 atom stereocenters. The molecule has 2 aromatic heterocycles. The molecule has 21 heavy (non-hydrogen) atoms. The van der Waals surface area contributed by atoms with Crippen LogP contribution in [0.25, 0.3) is 0 Å². The summed E-state index contributed by atoms with van der Waals surface area (Å²) in [4.78, 5) is 18.6. The molecule has 5 nitrogen and oxygen atoms in total. The third-order valence-electron chi connectivity index (χ3n) is 3.56. The lowest BCUT2D eigenvalue weighted by atomic mass is 9.98. The van der Waals surface area contributed by atoms with E-state index in [0.29, 0.717) is 22.9 Å². The summed E-state index contributed by atoms with van der Waals surface area (Å²) in [7, 11) is 0. The van der Waals surface area contributed by atoms with Crippen LogP contribution in [0.4, 0.5) is 5.13 Å². The Morgan fingerprint density at radius 3 is 3.19 bits per heavy atom. The van der Waals surface area contributed by atoms with Crippen LogP contribution in [-0.4, -0.2) is 30.5 Å². The number of nitrogens with one attached hydrogen (secondary N) is 1. The van der Waals surface area contributed by atoms with Crippen molar-refractivity contribution >= 4 is 38.3 Å². The van der Waals surface area contributed by atoms with Crippen molar-refractivity contribution in [3.05, 3.63) is 34.1 Å². The molecule has 1 amide bonds. The molecule has 1 N–H and O–H groups in total. The first kappa shape index (κ1) is 14.6. The summed E-state index contributed by atoms with van der Waals surface area (Å²) in [5.41, 5.74) is 0. The highest BCUT2D eigenvalue weighted by atomic mass is 79.9. The van der Waals surface area contributed by atoms with Crippen molar-refractivity contribution in [1.29, 1.82) is 0 Å². The molecule has 0 bridgehead atoms. The lowest BCUT2D eigenvalue weighted by Crippen LogP contribution is -2.40. The number of rotatable bonds is 4. The van der Waals surface area contributed by atoms with Crippen molar-refractivity contribution in [3.8, 4) is 0 Å². The van der Waals surface area contributed by atoms with Crippen molar-refractivity contribution in [3.63, 3.8) is 0 Å². The summed E-state index contributed by atoms with van der Waals surface area (Å²) < 4.78 is 5.82. The summed E-state index contributed by atoms with van der Waals surface area (Å²) in [5.74, 6) is 0.631. The summed E-state index contributed by atoms with van der Waals surface area (Å²) in [5, 5.41) is 6.02. The monoisotopic (exact) mass is 369 g/mol. The molecule has 0 spiro atoms. The maximum absolute atomic E-state index is 12.0. The number of anilines is 1. The lowest BCUT2D eigenvalue weighted by Gasteiger charge is -2.32. The van der Waals surface area contributed by atoms with Gasteiger partial charge in [-0.05, 0) is 46.8 Å². The van der Waals surface area contributed by atoms with Crippen molar-refractivity contribution in [2.45, 2.75) is 12.8 Å². The standard InChI is InChI=1S/C14H16BrN3O2S/c15-12-4-3-11(20-12)13(19)17-8-10-2-1-6-18(9-10)14-16-5-7-21-14/h3-5,7,10H,1-2,6,8-9H2,(H,17,19)/t10-/m1/s1. The Labute approximate surface area is 135 Å². The third kappa shape index (κ3) is 3.65. The van der Waals surface area contributed by atoms with Crippen LogP contribution in [0.2, 0.25) is 0 Å². The number of halogens is 1. The fourth-order valence-corrected chi connectivity index (χ4v) is 3.52. The first-order valence-electron chi connectivity index (χ1n) is 6.90. The average molecular weight is 370 g/mol. The van der Waals surface area contributed by atoms with Crippen LogP contribution in [0.3, 0.4) is 0 Å². The molecular formula is C14H16BrN3O2S. The van der Waals surface area contributed by atoms with E-state index in [1.807, 2.05) is 11.6 Å². The van der Waals surface area contributed by atoms with E-state index in [9.17, 15) is 4.79 Å². The number of carbonyl (C=O) groups is 1. The van der Waals surface area contributed by atoms with Gasteiger partial charge >= 0.3 is 0 Å². The van der Waals surface area contributed by atoms with Gasteiger partial charge in [0.1, 0.15) is 0 Å². The number of carbonyl (C=O) groups excluding carboxylic acids is 1. The van der Waals surface area contributed by atoms with Crippen LogP contribution in [0.1, 0.15) is 23.4 Å². The summed E-state index contributed by atoms with van der Waals surface area (Å²) in [6.07, 6.45) is 4.09. The van der Waals surface area contributed by atoms with Crippen LogP contribution >= 0.6 is 27.3 Å². The van der Waals surface area contributed by atoms with Gasteiger partial charge in [0.15, 0.2) is 15.6 Å². The van der Waals surface area contributed by atoms with Crippen LogP contribution in [0, 0.1) is 5.92 Å². The van der Waals surface area contributed by atoms with Gasteiger partial charge in [-0.3, -0.25) is 4.79 Å². The summed E-state index contributed by atoms with van der Waals surface area (Å²) >= 11 is 4.86. The van der Waals surface area contributed by atoms with E-state index in [1.54, 1.807) is 23.5 Å². The molecule has 2 aromatic rings. The maximum atomic E-state index is 12.0. The molecule has 0 aromatic carbocycles. The van der Waals surface area contributed by atoms with Gasteiger partial charge in [-0.2, -0.15) is 0 Å². The first-order chi connectivity index (χ1) is 10.2. The fourth-order valence-electron chi connectivity index (χ4n) is 2.54. The number of aromatic nitrogens is 1. The molecule has 1 aliphatic rings. The van der Waals surface area contributed by atoms with Gasteiger partial charge in [0, 0.05) is 31.2 Å². The van der Waals surface area contributed by atoms with E-state index in [-0.39, 0.29) is 5.91 Å². The van der Waals surface area contributed by atoms with Gasteiger partial charge in [-0.1, -0.05) is 0 Å². The quantitative estimate of drug-likeness (QED) is 0.899. The lowest BCUT2D eigenvalue weighted by molar-refractivity contribution is 0.0916. The van der Waals surface area contributed by atoms with E-state index < -0.39 is 0 Å². The summed E-state index contributed by atoms with van der Waals surface area (Å²) in [6, 6.07) is 3.39. The van der Waals surface area contributed by atoms with Crippen LogP contribution < -0.4 is 10.2 Å². The molecule has 0 saturated carbocycles. The topological polar surface area (TPSA) is 58.4 Å². The van der Waals surface area contributed by atoms with E-state index >= 15 is 0 Å². The zero-order valence-electron chi connectivity index (χ0n) is 11.4. The fraction of sp³-hybridized carbons (Fsp3) is 0.429. The van der Waals surface area contributed by atoms with Crippen molar-refractivity contribution in [1.82, 2.24) is 10.3 Å². The maximum Gasteiger partial charge on any atom is 0.287 e. The molecular weight excluding hydrogens is 354 g/mol. The van der Waals surface area contributed by atoms with Crippen LogP contribution in [0.15, 0.2) is 32.8 Å². The van der Waals surface area contributed by atoms with Crippen molar-refractivity contribution < 1.29 is 9.21 Å². The highest BCUT2D eigenvalue weighted by Crippen LogP contribution is 2.24. The Bertz CT molecular complexity index is 599. The van der Waals surface area contributed by atoms with Gasteiger partial charge in [0.25, 0.3) is 5.91 Å². The number of thiazole rings is 1. The molecule has 0 unspecified atom stereocenters. The highest BCUT2D eigenvalue weighted by molar-refractivity contribution is 9.10. The smallest absolute Gasteiger partial charge is 0.287 e. The predicted octanol–water partition coefficient (Wildman–Crippen LogP) is 3.15. The third-order valence-corrected chi connectivity index (χ3v) is 4.82. The molecule has 1 aliphatic heterocycles. The Morgan fingerprint density at radius 1 is 1.57 bits per heavy atom. The van der Waals surface area contributed by atoms with E-state index in [1.165, 1.54) is 0 Å². The van der Waals surface area contributed by atoms with E-state index in [4.69, 9.17) is 4.42 Å². The zero-order chi connectivity index (χ0) is 14.7. The number of hydrogen-bond donors (Lipinski definition) is 1. The second-order valence-corrected chi connectivity index (χ2v) is 6.74. The average Bonchev–Trinajstić information content (AvgIpc) is 3.16. The minimum absolute atomic E-state index is 0.160. The minimum atomic E-state index is -0.160. The van der Waals surface area contributed by atoms with Gasteiger partial charge in [-0.15, -0.1) is 11.3 Å². The second-order valence-electron chi connectivity index (χ2n) is 5.08. The molecule has 0 radical (unpaired) electrons. The number of amides is 1. The Balaban J connectivity index is 1.52. The van der Waals surface area contributed by atoms with Crippen LogP contribution in [0.5, 0.6) is 0 Å². The zero-order valence-corrected chi connectivity index (χ0v) is 13.8. The molecule has 7 heteroatoms. The van der Waals surface area contributed by atoms with Gasteiger partial charge in [0.2, 0.25) is 0 Å². The highest BCUT2D eigenvalue weighted by Gasteiger charge is 2.22. The molecule has 3 rings (SSSR count). The number of nitrogens with zero attached hydrogens (tertiary/aromatic N) is 2. The first-order valence-corrected chi connectivity index (χ1v) is 8.57. The van der Waals surface area contributed by atoms with Crippen molar-refractivity contribution in [2.24, 2.45) is 5.92 Å². The second kappa shape index (κ2) is 6.62. The molecule has 3 heterocycles. The minimum Gasteiger partial charge on any atom is -0.444 e. The Morgan fingerprint density at radius 2 is 2.48 bits per heavy atom. The molecule has 0 aliphatic carbocycles. The van der Waals surface area contributed by atoms with E-state index in [2.05, 4.69) is 31.1 Å². The molecule has 112 valence electrons. The molecule has 1 fully saturated rings. The van der Waals surface area contributed by atoms with Gasteiger partial charge < -0.3 is 14.6 Å². The SMILES string of the molecule is O=C(NC[C@H]1CCCN(c2nccs2)C1)c1ccc(Br)o1. The predicted molar refractivity (Wildman–Crippen MR) is 85.8 cm³/mol. The summed E-state index contributed by atoms with van der Waals surface area (Å²) in [6.45, 7) is 2.65. The van der Waals surface area contributed by atoms with Gasteiger partial charge in [0.05, 0.1) is 0 Å². The Kier molecular flexibility index (Phi) is 4.60. The number of furan rings is 1. The van der Waals surface area contributed by atoms with Crippen molar-refractivity contribution in [2.75, 3.05) is 24.5 Å². The van der Waals surface area contributed by atoms with Gasteiger partial charge in [-0.25, -0.2) is 4.98 Å². The van der Waals surface area contributed by atoms with Crippen LogP contribution in [-0.2, 0) is 0 Å². The number of piperidine rings is 1. The van der Waals surface area contributed by atoms with E-state index in [0.717, 1.165) is 31.1 Å². The Hall–Kier alpha value is -1.34. The number of hydrogen-bond acceptors (Lipinski definition) is 5. The largest absolute Gasteiger partial charge is 0.444 e. The molecule has 1 saturated heterocycles. The normalized spacial score (nSPS) is 18.7.